The van der Waals surface area contributed by atoms with Gasteiger partial charge in [-0.05, 0) is 36.0 Å². The highest BCUT2D eigenvalue weighted by Gasteiger charge is 2.34. The Kier molecular flexibility index (Phi) is 4.52. The lowest BCUT2D eigenvalue weighted by Gasteiger charge is -2.37. The second kappa shape index (κ2) is 5.84. The summed E-state index contributed by atoms with van der Waals surface area (Å²) in [6.07, 6.45) is -3.34. The highest BCUT2D eigenvalue weighted by molar-refractivity contribution is 6.17. The van der Waals surface area contributed by atoms with Crippen molar-refractivity contribution in [2.75, 3.05) is 18.0 Å². The first-order valence-corrected chi connectivity index (χ1v) is 7.37. The van der Waals surface area contributed by atoms with Crippen molar-refractivity contribution >= 4 is 17.3 Å². The van der Waals surface area contributed by atoms with Crippen molar-refractivity contribution in [2.24, 2.45) is 11.8 Å². The standard InChI is InChI=1S/C15H19ClF3N/c1-10-5-6-20(9-11(10)2)13-4-3-12(8-16)14(7-13)15(17,18)19/h3-4,7,10-11H,5-6,8-9H2,1-2H3. The van der Waals surface area contributed by atoms with Gasteiger partial charge in [-0.3, -0.25) is 0 Å². The molecule has 0 aromatic heterocycles. The SMILES string of the molecule is CC1CCN(c2ccc(CCl)c(C(F)(F)F)c2)CC1C. The van der Waals surface area contributed by atoms with Crippen LogP contribution < -0.4 is 4.90 Å². The van der Waals surface area contributed by atoms with Gasteiger partial charge in [-0.2, -0.15) is 13.2 Å². The molecule has 1 aromatic rings. The van der Waals surface area contributed by atoms with Crippen molar-refractivity contribution in [3.8, 4) is 0 Å². The maximum Gasteiger partial charge on any atom is 0.416 e. The van der Waals surface area contributed by atoms with E-state index in [4.69, 9.17) is 11.6 Å². The Balaban J connectivity index is 2.30. The zero-order valence-corrected chi connectivity index (χ0v) is 12.4. The number of hydrogen-bond donors (Lipinski definition) is 0. The number of hydrogen-bond acceptors (Lipinski definition) is 1. The lowest BCUT2D eigenvalue weighted by atomic mass is 9.88. The summed E-state index contributed by atoms with van der Waals surface area (Å²) in [6.45, 7) is 5.95. The molecule has 2 atom stereocenters. The van der Waals surface area contributed by atoms with E-state index in [2.05, 4.69) is 13.8 Å². The lowest BCUT2D eigenvalue weighted by molar-refractivity contribution is -0.138. The molecule has 1 fully saturated rings. The fourth-order valence-corrected chi connectivity index (χ4v) is 2.87. The summed E-state index contributed by atoms with van der Waals surface area (Å²) in [5.41, 5.74) is 0.169. The number of alkyl halides is 4. The molecular formula is C15H19ClF3N. The van der Waals surface area contributed by atoms with Gasteiger partial charge in [0.15, 0.2) is 0 Å². The normalized spacial score (nSPS) is 24.0. The predicted octanol–water partition coefficient (Wildman–Crippen LogP) is 4.93. The zero-order valence-electron chi connectivity index (χ0n) is 11.7. The van der Waals surface area contributed by atoms with Crippen LogP contribution >= 0.6 is 11.6 Å². The number of halogens is 4. The molecule has 0 spiro atoms. The van der Waals surface area contributed by atoms with Gasteiger partial charge in [-0.1, -0.05) is 19.9 Å². The number of benzene rings is 1. The van der Waals surface area contributed by atoms with Crippen molar-refractivity contribution < 1.29 is 13.2 Å². The van der Waals surface area contributed by atoms with Crippen LogP contribution in [-0.2, 0) is 12.1 Å². The zero-order chi connectivity index (χ0) is 14.9. The molecule has 0 bridgehead atoms. The Bertz CT molecular complexity index is 473. The average molecular weight is 306 g/mol. The monoisotopic (exact) mass is 305 g/mol. The Morgan fingerprint density at radius 3 is 2.50 bits per heavy atom. The Hall–Kier alpha value is -0.900. The highest BCUT2D eigenvalue weighted by atomic mass is 35.5. The molecule has 1 aromatic carbocycles. The van der Waals surface area contributed by atoms with Gasteiger partial charge < -0.3 is 4.90 Å². The first kappa shape index (κ1) is 15.5. The van der Waals surface area contributed by atoms with E-state index in [9.17, 15) is 13.2 Å². The van der Waals surface area contributed by atoms with Crippen LogP contribution in [0.4, 0.5) is 18.9 Å². The molecule has 1 aliphatic rings. The molecular weight excluding hydrogens is 287 g/mol. The molecule has 1 aliphatic heterocycles. The van der Waals surface area contributed by atoms with E-state index in [0.717, 1.165) is 19.5 Å². The number of nitrogens with zero attached hydrogens (tertiary/aromatic N) is 1. The molecule has 0 saturated carbocycles. The van der Waals surface area contributed by atoms with Crippen molar-refractivity contribution in [3.05, 3.63) is 29.3 Å². The predicted molar refractivity (Wildman–Crippen MR) is 76.2 cm³/mol. The van der Waals surface area contributed by atoms with Crippen molar-refractivity contribution in [2.45, 2.75) is 32.3 Å². The van der Waals surface area contributed by atoms with Crippen LogP contribution in [-0.4, -0.2) is 13.1 Å². The van der Waals surface area contributed by atoms with Gasteiger partial charge in [0.05, 0.1) is 5.56 Å². The minimum atomic E-state index is -4.35. The Morgan fingerprint density at radius 1 is 1.25 bits per heavy atom. The second-order valence-corrected chi connectivity index (χ2v) is 5.93. The molecule has 20 heavy (non-hydrogen) atoms. The van der Waals surface area contributed by atoms with Crippen LogP contribution in [0.25, 0.3) is 0 Å². The molecule has 1 heterocycles. The van der Waals surface area contributed by atoms with E-state index in [1.807, 2.05) is 4.90 Å². The van der Waals surface area contributed by atoms with E-state index in [0.29, 0.717) is 17.5 Å². The van der Waals surface area contributed by atoms with Gasteiger partial charge in [0.1, 0.15) is 0 Å². The molecule has 0 N–H and O–H groups in total. The van der Waals surface area contributed by atoms with Gasteiger partial charge in [-0.25, -0.2) is 0 Å². The summed E-state index contributed by atoms with van der Waals surface area (Å²) < 4.78 is 39.1. The fraction of sp³-hybridized carbons (Fsp3) is 0.600. The molecule has 1 saturated heterocycles. The first-order chi connectivity index (χ1) is 9.32. The van der Waals surface area contributed by atoms with Crippen LogP contribution in [0.1, 0.15) is 31.4 Å². The quantitative estimate of drug-likeness (QED) is 0.701. The third kappa shape index (κ3) is 3.22. The molecule has 0 aliphatic carbocycles. The van der Waals surface area contributed by atoms with Crippen molar-refractivity contribution in [1.29, 1.82) is 0 Å². The van der Waals surface area contributed by atoms with Crippen molar-refractivity contribution in [3.63, 3.8) is 0 Å². The molecule has 5 heteroatoms. The molecule has 112 valence electrons. The van der Waals surface area contributed by atoms with Crippen LogP contribution in [0.3, 0.4) is 0 Å². The van der Waals surface area contributed by atoms with Crippen molar-refractivity contribution in [1.82, 2.24) is 0 Å². The minimum Gasteiger partial charge on any atom is -0.371 e. The average Bonchev–Trinajstić information content (AvgIpc) is 2.40. The highest BCUT2D eigenvalue weighted by Crippen LogP contribution is 2.36. The maximum atomic E-state index is 13.0. The van der Waals surface area contributed by atoms with Gasteiger partial charge in [-0.15, -0.1) is 11.6 Å². The Labute approximate surface area is 122 Å². The van der Waals surface area contributed by atoms with Crippen LogP contribution in [0, 0.1) is 11.8 Å². The minimum absolute atomic E-state index is 0.122. The summed E-state index contributed by atoms with van der Waals surface area (Å²) in [7, 11) is 0. The summed E-state index contributed by atoms with van der Waals surface area (Å²) in [5, 5.41) is 0. The van der Waals surface area contributed by atoms with Gasteiger partial charge in [0.2, 0.25) is 0 Å². The summed E-state index contributed by atoms with van der Waals surface area (Å²) in [4.78, 5) is 2.04. The molecule has 2 unspecified atom stereocenters. The van der Waals surface area contributed by atoms with E-state index in [1.54, 1.807) is 6.07 Å². The largest absolute Gasteiger partial charge is 0.416 e. The van der Waals surface area contributed by atoms with E-state index in [-0.39, 0.29) is 11.4 Å². The fourth-order valence-electron chi connectivity index (χ4n) is 2.64. The maximum absolute atomic E-state index is 13.0. The summed E-state index contributed by atoms with van der Waals surface area (Å²) in [6, 6.07) is 4.48. The van der Waals surface area contributed by atoms with Crippen LogP contribution in [0.2, 0.25) is 0 Å². The second-order valence-electron chi connectivity index (χ2n) is 5.66. The smallest absolute Gasteiger partial charge is 0.371 e. The summed E-state index contributed by atoms with van der Waals surface area (Å²) in [5.74, 6) is 0.990. The topological polar surface area (TPSA) is 3.24 Å². The van der Waals surface area contributed by atoms with Gasteiger partial charge >= 0.3 is 6.18 Å². The number of rotatable bonds is 2. The Morgan fingerprint density at radius 2 is 1.95 bits per heavy atom. The number of piperidine rings is 1. The van der Waals surface area contributed by atoms with E-state index >= 15 is 0 Å². The third-order valence-electron chi connectivity index (χ3n) is 4.24. The van der Waals surface area contributed by atoms with Crippen LogP contribution in [0.5, 0.6) is 0 Å². The molecule has 0 amide bonds. The van der Waals surface area contributed by atoms with Gasteiger partial charge in [0, 0.05) is 24.7 Å². The number of anilines is 1. The molecule has 2 rings (SSSR count). The summed E-state index contributed by atoms with van der Waals surface area (Å²) >= 11 is 5.60. The third-order valence-corrected chi connectivity index (χ3v) is 4.53. The lowest BCUT2D eigenvalue weighted by Crippen LogP contribution is -2.38. The van der Waals surface area contributed by atoms with Crippen LogP contribution in [0.15, 0.2) is 18.2 Å². The van der Waals surface area contributed by atoms with E-state index in [1.165, 1.54) is 12.1 Å². The van der Waals surface area contributed by atoms with E-state index < -0.39 is 11.7 Å². The molecule has 0 radical (unpaired) electrons. The first-order valence-electron chi connectivity index (χ1n) is 6.84. The molecule has 1 nitrogen and oxygen atoms in total. The van der Waals surface area contributed by atoms with Gasteiger partial charge in [0.25, 0.3) is 0 Å².